The zero-order valence-corrected chi connectivity index (χ0v) is 12.3. The number of pyridine rings is 1. The maximum atomic E-state index is 12.1. The second-order valence-corrected chi connectivity index (χ2v) is 8.44. The third kappa shape index (κ3) is 3.91. The summed E-state index contributed by atoms with van der Waals surface area (Å²) in [6, 6.07) is 1.36. The Balaban J connectivity index is 2.98. The van der Waals surface area contributed by atoms with E-state index in [0.29, 0.717) is 0 Å². The minimum absolute atomic E-state index is 0.0520. The van der Waals surface area contributed by atoms with Gasteiger partial charge >= 0.3 is 0 Å². The molecule has 0 saturated carbocycles. The summed E-state index contributed by atoms with van der Waals surface area (Å²) < 4.78 is 47.1. The Kier molecular flexibility index (Phi) is 4.71. The van der Waals surface area contributed by atoms with Gasteiger partial charge in [-0.2, -0.15) is 4.31 Å². The van der Waals surface area contributed by atoms with Crippen molar-refractivity contribution < 1.29 is 16.8 Å². The molecule has 18 heavy (non-hydrogen) atoms. The summed E-state index contributed by atoms with van der Waals surface area (Å²) in [5.41, 5.74) is 0. The fourth-order valence-electron chi connectivity index (χ4n) is 1.14. The first-order valence-corrected chi connectivity index (χ1v) is 8.76. The Labute approximate surface area is 112 Å². The highest BCUT2D eigenvalue weighted by Gasteiger charge is 2.24. The lowest BCUT2D eigenvalue weighted by atomic mass is 10.5. The SMILES string of the molecule is CN(CCS(C)(=O)=O)S(=O)(=O)c1cnccc1Cl. The van der Waals surface area contributed by atoms with Gasteiger partial charge in [-0.1, -0.05) is 11.6 Å². The first kappa shape index (κ1) is 15.4. The first-order chi connectivity index (χ1) is 8.14. The van der Waals surface area contributed by atoms with Gasteiger partial charge in [0.15, 0.2) is 0 Å². The molecule has 1 aromatic heterocycles. The van der Waals surface area contributed by atoms with Gasteiger partial charge < -0.3 is 0 Å². The van der Waals surface area contributed by atoms with Gasteiger partial charge in [-0.25, -0.2) is 16.8 Å². The predicted octanol–water partition coefficient (Wildman–Crippen LogP) is 0.400. The van der Waals surface area contributed by atoms with Crippen LogP contribution in [0.5, 0.6) is 0 Å². The van der Waals surface area contributed by atoms with Gasteiger partial charge in [0.05, 0.1) is 10.8 Å². The Hall–Kier alpha value is -0.700. The van der Waals surface area contributed by atoms with Crippen LogP contribution in [0.25, 0.3) is 0 Å². The van der Waals surface area contributed by atoms with Crippen molar-refractivity contribution in [3.63, 3.8) is 0 Å². The lowest BCUT2D eigenvalue weighted by Crippen LogP contribution is -2.31. The average Bonchev–Trinajstić information content (AvgIpc) is 2.25. The van der Waals surface area contributed by atoms with Crippen LogP contribution in [0.15, 0.2) is 23.4 Å². The molecule has 0 aliphatic heterocycles. The number of nitrogens with zero attached hydrogens (tertiary/aromatic N) is 2. The molecule has 1 aromatic rings. The molecule has 0 N–H and O–H groups in total. The van der Waals surface area contributed by atoms with Crippen molar-refractivity contribution in [2.24, 2.45) is 0 Å². The standard InChI is InChI=1S/C9H13ClN2O4S2/c1-12(5-6-17(2,13)14)18(15,16)9-7-11-4-3-8(9)10/h3-4,7H,5-6H2,1-2H3. The summed E-state index contributed by atoms with van der Waals surface area (Å²) in [6.45, 7) is -0.133. The Morgan fingerprint density at radius 3 is 2.44 bits per heavy atom. The third-order valence-electron chi connectivity index (χ3n) is 2.20. The van der Waals surface area contributed by atoms with Crippen LogP contribution in [-0.2, 0) is 19.9 Å². The lowest BCUT2D eigenvalue weighted by Gasteiger charge is -2.16. The molecule has 0 amide bonds. The van der Waals surface area contributed by atoms with Crippen molar-refractivity contribution >= 4 is 31.5 Å². The molecule has 0 aliphatic carbocycles. The van der Waals surface area contributed by atoms with Gasteiger partial charge in [0.2, 0.25) is 10.0 Å². The maximum absolute atomic E-state index is 12.1. The molecule has 1 heterocycles. The second-order valence-electron chi connectivity index (χ2n) is 3.76. The van der Waals surface area contributed by atoms with Crippen molar-refractivity contribution in [2.45, 2.75) is 4.90 Å². The molecule has 0 atom stereocenters. The van der Waals surface area contributed by atoms with Crippen LogP contribution in [0, 0.1) is 0 Å². The van der Waals surface area contributed by atoms with E-state index in [2.05, 4.69) is 4.98 Å². The van der Waals surface area contributed by atoms with E-state index in [1.165, 1.54) is 19.3 Å². The average molecular weight is 313 g/mol. The zero-order chi connectivity index (χ0) is 14.0. The van der Waals surface area contributed by atoms with Gasteiger partial charge in [0.1, 0.15) is 14.7 Å². The van der Waals surface area contributed by atoms with Gasteiger partial charge in [-0.05, 0) is 6.07 Å². The molecule has 0 fully saturated rings. The summed E-state index contributed by atoms with van der Waals surface area (Å²) in [7, 11) is -5.75. The van der Waals surface area contributed by atoms with Crippen LogP contribution in [0.1, 0.15) is 0 Å². The Morgan fingerprint density at radius 2 is 1.94 bits per heavy atom. The van der Waals surface area contributed by atoms with Crippen molar-refractivity contribution in [3.8, 4) is 0 Å². The highest BCUT2D eigenvalue weighted by atomic mass is 35.5. The predicted molar refractivity (Wildman–Crippen MR) is 68.8 cm³/mol. The molecule has 102 valence electrons. The fraction of sp³-hybridized carbons (Fsp3) is 0.444. The molecule has 6 nitrogen and oxygen atoms in total. The molecular formula is C9H13ClN2O4S2. The Morgan fingerprint density at radius 1 is 1.33 bits per heavy atom. The van der Waals surface area contributed by atoms with Gasteiger partial charge in [0.25, 0.3) is 0 Å². The Bertz CT molecular complexity index is 628. The topological polar surface area (TPSA) is 84.4 Å². The number of sulfone groups is 1. The van der Waals surface area contributed by atoms with Gasteiger partial charge in [-0.15, -0.1) is 0 Å². The van der Waals surface area contributed by atoms with Crippen LogP contribution in [-0.4, -0.2) is 51.7 Å². The molecule has 0 unspecified atom stereocenters. The molecule has 0 aliphatic rings. The molecule has 0 saturated heterocycles. The number of aromatic nitrogens is 1. The normalized spacial score (nSPS) is 12.9. The highest BCUT2D eigenvalue weighted by molar-refractivity contribution is 7.91. The largest absolute Gasteiger partial charge is 0.263 e. The number of halogens is 1. The highest BCUT2D eigenvalue weighted by Crippen LogP contribution is 2.22. The smallest absolute Gasteiger partial charge is 0.245 e. The van der Waals surface area contributed by atoms with Gasteiger partial charge in [-0.3, -0.25) is 4.98 Å². The minimum Gasteiger partial charge on any atom is -0.263 e. The minimum atomic E-state index is -3.82. The summed E-state index contributed by atoms with van der Waals surface area (Å²) in [5.74, 6) is -0.249. The van der Waals surface area contributed by atoms with E-state index >= 15 is 0 Å². The molecule has 0 radical (unpaired) electrons. The first-order valence-electron chi connectivity index (χ1n) is 4.88. The molecule has 0 aromatic carbocycles. The van der Waals surface area contributed by atoms with Gasteiger partial charge in [0, 0.05) is 32.2 Å². The van der Waals surface area contributed by atoms with E-state index in [4.69, 9.17) is 11.6 Å². The van der Waals surface area contributed by atoms with Crippen molar-refractivity contribution in [2.75, 3.05) is 25.6 Å². The van der Waals surface area contributed by atoms with Crippen LogP contribution in [0.3, 0.4) is 0 Å². The van der Waals surface area contributed by atoms with Crippen molar-refractivity contribution in [1.82, 2.24) is 9.29 Å². The monoisotopic (exact) mass is 312 g/mol. The maximum Gasteiger partial charge on any atom is 0.245 e. The molecule has 0 bridgehead atoms. The summed E-state index contributed by atoms with van der Waals surface area (Å²) >= 11 is 5.78. The molecule has 1 rings (SSSR count). The summed E-state index contributed by atoms with van der Waals surface area (Å²) in [6.07, 6.45) is 3.55. The van der Waals surface area contributed by atoms with E-state index in [0.717, 1.165) is 16.8 Å². The molecular weight excluding hydrogens is 300 g/mol. The van der Waals surface area contributed by atoms with Crippen molar-refractivity contribution in [1.29, 1.82) is 0 Å². The fourth-order valence-corrected chi connectivity index (χ4v) is 3.43. The van der Waals surface area contributed by atoms with Crippen molar-refractivity contribution in [3.05, 3.63) is 23.5 Å². The quantitative estimate of drug-likeness (QED) is 0.785. The van der Waals surface area contributed by atoms with E-state index in [1.54, 1.807) is 0 Å². The number of hydrogen-bond donors (Lipinski definition) is 0. The third-order valence-corrected chi connectivity index (χ3v) is 5.45. The molecule has 9 heteroatoms. The summed E-state index contributed by atoms with van der Waals surface area (Å²) in [5, 5.41) is 0.0520. The number of rotatable bonds is 5. The van der Waals surface area contributed by atoms with Crippen LogP contribution in [0.2, 0.25) is 5.02 Å². The van der Waals surface area contributed by atoms with Crippen LogP contribution >= 0.6 is 11.6 Å². The van der Waals surface area contributed by atoms with Crippen LogP contribution < -0.4 is 0 Å². The lowest BCUT2D eigenvalue weighted by molar-refractivity contribution is 0.484. The number of sulfonamides is 1. The molecule has 0 spiro atoms. The summed E-state index contributed by atoms with van der Waals surface area (Å²) in [4.78, 5) is 3.56. The second kappa shape index (κ2) is 5.52. The van der Waals surface area contributed by atoms with E-state index < -0.39 is 19.9 Å². The van der Waals surface area contributed by atoms with E-state index in [-0.39, 0.29) is 22.2 Å². The van der Waals surface area contributed by atoms with E-state index in [9.17, 15) is 16.8 Å². The number of hydrogen-bond acceptors (Lipinski definition) is 5. The van der Waals surface area contributed by atoms with Crippen LogP contribution in [0.4, 0.5) is 0 Å². The zero-order valence-electron chi connectivity index (χ0n) is 9.87. The van der Waals surface area contributed by atoms with E-state index in [1.807, 2.05) is 0 Å².